The van der Waals surface area contributed by atoms with Crippen LogP contribution < -0.4 is 10.1 Å². The number of hydrogen-bond donors (Lipinski definition) is 1. The van der Waals surface area contributed by atoms with Crippen LogP contribution in [-0.2, 0) is 7.05 Å². The van der Waals surface area contributed by atoms with E-state index < -0.39 is 0 Å². The lowest BCUT2D eigenvalue weighted by atomic mass is 9.89. The number of ether oxygens (including phenoxy) is 1. The van der Waals surface area contributed by atoms with E-state index in [1.807, 2.05) is 30.0 Å². The topological polar surface area (TPSA) is 69.3 Å². The Labute approximate surface area is 151 Å². The Kier molecular flexibility index (Phi) is 4.13. The molecular formula is C17H21ClN6O. The third-order valence-electron chi connectivity index (χ3n) is 4.78. The van der Waals surface area contributed by atoms with Gasteiger partial charge in [-0.05, 0) is 31.7 Å². The van der Waals surface area contributed by atoms with Crippen LogP contribution >= 0.6 is 12.4 Å². The van der Waals surface area contributed by atoms with Gasteiger partial charge < -0.3 is 10.1 Å². The summed E-state index contributed by atoms with van der Waals surface area (Å²) in [5.74, 6) is 0.656. The molecule has 0 saturated heterocycles. The summed E-state index contributed by atoms with van der Waals surface area (Å²) in [5, 5.41) is 12.2. The molecule has 3 aromatic rings. The quantitative estimate of drug-likeness (QED) is 0.755. The third-order valence-corrected chi connectivity index (χ3v) is 4.78. The Morgan fingerprint density at radius 1 is 1.16 bits per heavy atom. The van der Waals surface area contributed by atoms with E-state index in [9.17, 15) is 0 Å². The number of rotatable bonds is 5. The Bertz CT molecular complexity index is 880. The smallest absolute Gasteiger partial charge is 0.240 e. The molecule has 0 amide bonds. The molecule has 25 heavy (non-hydrogen) atoms. The van der Waals surface area contributed by atoms with Gasteiger partial charge >= 0.3 is 0 Å². The van der Waals surface area contributed by atoms with E-state index in [0.29, 0.717) is 11.9 Å². The molecule has 3 aromatic heterocycles. The van der Waals surface area contributed by atoms with Crippen LogP contribution in [0, 0.1) is 0 Å². The van der Waals surface area contributed by atoms with Crippen molar-refractivity contribution in [3.63, 3.8) is 0 Å². The molecular weight excluding hydrogens is 340 g/mol. The zero-order chi connectivity index (χ0) is 16.1. The Hall–Kier alpha value is -2.12. The summed E-state index contributed by atoms with van der Waals surface area (Å²) in [6, 6.07) is 3.29. The summed E-state index contributed by atoms with van der Waals surface area (Å²) in [6.45, 7) is 0. The van der Waals surface area contributed by atoms with E-state index in [1.54, 1.807) is 17.1 Å². The lowest BCUT2D eigenvalue weighted by Gasteiger charge is -2.35. The van der Waals surface area contributed by atoms with Crippen molar-refractivity contribution in [1.82, 2.24) is 29.7 Å². The maximum Gasteiger partial charge on any atom is 0.240 e. The first-order chi connectivity index (χ1) is 11.7. The molecule has 0 aliphatic heterocycles. The molecule has 0 bridgehead atoms. The van der Waals surface area contributed by atoms with E-state index in [1.165, 1.54) is 12.8 Å². The number of nitrogens with one attached hydrogen (secondary N) is 1. The molecule has 0 radical (unpaired) electrons. The van der Waals surface area contributed by atoms with Gasteiger partial charge in [0.05, 0.1) is 24.3 Å². The van der Waals surface area contributed by atoms with Crippen LogP contribution in [0.1, 0.15) is 25.7 Å². The van der Waals surface area contributed by atoms with Crippen molar-refractivity contribution in [1.29, 1.82) is 0 Å². The second-order valence-corrected chi connectivity index (χ2v) is 6.84. The van der Waals surface area contributed by atoms with Crippen molar-refractivity contribution in [3.8, 4) is 17.1 Å². The molecule has 0 aromatic carbocycles. The highest BCUT2D eigenvalue weighted by molar-refractivity contribution is 5.85. The van der Waals surface area contributed by atoms with Crippen molar-refractivity contribution in [3.05, 3.63) is 30.9 Å². The van der Waals surface area contributed by atoms with E-state index in [4.69, 9.17) is 9.72 Å². The number of nitrogens with zero attached hydrogens (tertiary/aromatic N) is 5. The van der Waals surface area contributed by atoms with Crippen molar-refractivity contribution >= 4 is 17.9 Å². The maximum absolute atomic E-state index is 6.18. The van der Waals surface area contributed by atoms with Gasteiger partial charge in [0, 0.05) is 30.9 Å². The van der Waals surface area contributed by atoms with Crippen LogP contribution in [-0.4, -0.2) is 42.6 Å². The molecule has 0 atom stereocenters. The largest absolute Gasteiger partial charge is 0.473 e. The molecule has 132 valence electrons. The van der Waals surface area contributed by atoms with E-state index in [0.717, 1.165) is 35.7 Å². The average molecular weight is 361 g/mol. The molecule has 5 rings (SSSR count). The van der Waals surface area contributed by atoms with Gasteiger partial charge in [-0.25, -0.2) is 9.50 Å². The monoisotopic (exact) mass is 360 g/mol. The van der Waals surface area contributed by atoms with Gasteiger partial charge in [-0.2, -0.15) is 10.2 Å². The van der Waals surface area contributed by atoms with Gasteiger partial charge in [0.25, 0.3) is 0 Å². The minimum absolute atomic E-state index is 0. The molecule has 2 aliphatic carbocycles. The van der Waals surface area contributed by atoms with Crippen molar-refractivity contribution < 1.29 is 4.74 Å². The molecule has 8 heteroatoms. The normalized spacial score (nSPS) is 22.4. The zero-order valence-electron chi connectivity index (χ0n) is 14.0. The van der Waals surface area contributed by atoms with E-state index in [-0.39, 0.29) is 18.5 Å². The third kappa shape index (κ3) is 3.21. The minimum Gasteiger partial charge on any atom is -0.473 e. The molecule has 2 aliphatic rings. The minimum atomic E-state index is 0. The Morgan fingerprint density at radius 3 is 2.72 bits per heavy atom. The summed E-state index contributed by atoms with van der Waals surface area (Å²) in [4.78, 5) is 4.72. The first kappa shape index (κ1) is 16.4. The highest BCUT2D eigenvalue weighted by Crippen LogP contribution is 2.31. The van der Waals surface area contributed by atoms with Gasteiger partial charge in [0.2, 0.25) is 5.88 Å². The van der Waals surface area contributed by atoms with Crippen LogP contribution in [0.2, 0.25) is 0 Å². The first-order valence-electron chi connectivity index (χ1n) is 8.51. The molecule has 0 unspecified atom stereocenters. The summed E-state index contributed by atoms with van der Waals surface area (Å²) >= 11 is 0. The fourth-order valence-electron chi connectivity index (χ4n) is 3.22. The highest BCUT2D eigenvalue weighted by Gasteiger charge is 2.35. The average Bonchev–Trinajstić information content (AvgIpc) is 3.04. The predicted molar refractivity (Wildman–Crippen MR) is 96.0 cm³/mol. The van der Waals surface area contributed by atoms with Crippen LogP contribution in [0.3, 0.4) is 0 Å². The van der Waals surface area contributed by atoms with Gasteiger partial charge in [-0.1, -0.05) is 0 Å². The second-order valence-electron chi connectivity index (χ2n) is 6.84. The molecule has 7 nitrogen and oxygen atoms in total. The van der Waals surface area contributed by atoms with Gasteiger partial charge in [0.1, 0.15) is 11.6 Å². The summed E-state index contributed by atoms with van der Waals surface area (Å²) in [6.07, 6.45) is 12.4. The molecule has 2 fully saturated rings. The zero-order valence-corrected chi connectivity index (χ0v) is 14.8. The van der Waals surface area contributed by atoms with Crippen LogP contribution in [0.4, 0.5) is 0 Å². The number of hydrogen-bond acceptors (Lipinski definition) is 5. The fourth-order valence-corrected chi connectivity index (χ4v) is 3.22. The standard InChI is InChI=1S/C17H20N6O.ClH/c1-22-9-11(8-19-22)15-10-23-16(4-5-18-23)17(21-15)24-14-6-13(7-14)20-12-2-3-12;/h4-5,8-10,12-14,20H,2-3,6-7H2,1H3;1H. The lowest BCUT2D eigenvalue weighted by Crippen LogP contribution is -2.47. The number of fused-ring (bicyclic) bond motifs is 1. The van der Waals surface area contributed by atoms with Crippen molar-refractivity contribution in [2.45, 2.75) is 43.9 Å². The van der Waals surface area contributed by atoms with Gasteiger partial charge in [0.15, 0.2) is 0 Å². The molecule has 1 N–H and O–H groups in total. The summed E-state index contributed by atoms with van der Waals surface area (Å²) in [7, 11) is 1.90. The van der Waals surface area contributed by atoms with Crippen molar-refractivity contribution in [2.24, 2.45) is 7.05 Å². The lowest BCUT2D eigenvalue weighted by molar-refractivity contribution is 0.0811. The van der Waals surface area contributed by atoms with E-state index >= 15 is 0 Å². The van der Waals surface area contributed by atoms with Crippen LogP contribution in [0.5, 0.6) is 5.88 Å². The maximum atomic E-state index is 6.18. The molecule has 0 spiro atoms. The number of aryl methyl sites for hydroxylation is 1. The Morgan fingerprint density at radius 2 is 2.00 bits per heavy atom. The van der Waals surface area contributed by atoms with E-state index in [2.05, 4.69) is 15.5 Å². The molecule has 2 saturated carbocycles. The second kappa shape index (κ2) is 6.31. The number of aromatic nitrogens is 5. The van der Waals surface area contributed by atoms with Crippen molar-refractivity contribution in [2.75, 3.05) is 0 Å². The SMILES string of the molecule is Cl.Cn1cc(-c2cn3nccc3c(OC3CC(NC4CC4)C3)n2)cn1. The summed E-state index contributed by atoms with van der Waals surface area (Å²) < 4.78 is 9.78. The first-order valence-corrected chi connectivity index (χ1v) is 8.51. The molecule has 3 heterocycles. The Balaban J connectivity index is 0.00000157. The predicted octanol–water partition coefficient (Wildman–Crippen LogP) is 2.21. The fraction of sp³-hybridized carbons (Fsp3) is 0.471. The van der Waals surface area contributed by atoms with Gasteiger partial charge in [-0.3, -0.25) is 4.68 Å². The van der Waals surface area contributed by atoms with Crippen LogP contribution in [0.15, 0.2) is 30.9 Å². The van der Waals surface area contributed by atoms with Crippen LogP contribution in [0.25, 0.3) is 16.8 Å². The van der Waals surface area contributed by atoms with Gasteiger partial charge in [-0.15, -0.1) is 12.4 Å². The summed E-state index contributed by atoms with van der Waals surface area (Å²) in [5.41, 5.74) is 2.68. The highest BCUT2D eigenvalue weighted by atomic mass is 35.5. The number of halogens is 1.